The van der Waals surface area contributed by atoms with Crippen LogP contribution in [0.1, 0.15) is 13.8 Å². The van der Waals surface area contributed by atoms with E-state index in [1.165, 1.54) is 0 Å². The van der Waals surface area contributed by atoms with Crippen LogP contribution in [0.2, 0.25) is 0 Å². The molecule has 4 heteroatoms. The normalized spacial score (nSPS) is 21.4. The van der Waals surface area contributed by atoms with Gasteiger partial charge in [0.2, 0.25) is 5.91 Å². The zero-order valence-corrected chi connectivity index (χ0v) is 9.20. The van der Waals surface area contributed by atoms with Crippen molar-refractivity contribution in [2.75, 3.05) is 39.3 Å². The Balaban J connectivity index is 2.35. The van der Waals surface area contributed by atoms with Crippen molar-refractivity contribution in [2.24, 2.45) is 11.7 Å². The van der Waals surface area contributed by atoms with Gasteiger partial charge in [0.15, 0.2) is 0 Å². The minimum Gasteiger partial charge on any atom is -0.341 e. The number of rotatable bonds is 4. The maximum Gasteiger partial charge on any atom is 0.236 e. The Bertz CT molecular complexity index is 196. The highest BCUT2D eigenvalue weighted by Gasteiger charge is 2.22. The first kappa shape index (κ1) is 11.5. The highest BCUT2D eigenvalue weighted by Crippen LogP contribution is 2.05. The summed E-state index contributed by atoms with van der Waals surface area (Å²) in [5.74, 6) is 0.735. The zero-order valence-electron chi connectivity index (χ0n) is 9.20. The summed E-state index contributed by atoms with van der Waals surface area (Å²) in [6, 6.07) is 0. The van der Waals surface area contributed by atoms with Crippen molar-refractivity contribution >= 4 is 5.91 Å². The molecule has 0 aromatic heterocycles. The predicted molar refractivity (Wildman–Crippen MR) is 56.9 cm³/mol. The molecule has 4 nitrogen and oxygen atoms in total. The van der Waals surface area contributed by atoms with Crippen LogP contribution in [0.3, 0.4) is 0 Å². The Morgan fingerprint density at radius 2 is 2.21 bits per heavy atom. The molecule has 0 aromatic carbocycles. The summed E-state index contributed by atoms with van der Waals surface area (Å²) in [4.78, 5) is 15.7. The highest BCUT2D eigenvalue weighted by molar-refractivity contribution is 5.78. The van der Waals surface area contributed by atoms with Gasteiger partial charge in [-0.3, -0.25) is 9.69 Å². The third-order valence-corrected chi connectivity index (χ3v) is 2.75. The van der Waals surface area contributed by atoms with Gasteiger partial charge >= 0.3 is 0 Å². The zero-order chi connectivity index (χ0) is 10.6. The number of carbonyl (C=O) groups excluding carboxylic acids is 1. The molecule has 1 atom stereocenters. The van der Waals surface area contributed by atoms with Gasteiger partial charge in [0.25, 0.3) is 0 Å². The van der Waals surface area contributed by atoms with Crippen LogP contribution in [0.5, 0.6) is 0 Å². The Morgan fingerprint density at radius 3 is 2.71 bits per heavy atom. The van der Waals surface area contributed by atoms with Crippen molar-refractivity contribution in [3.63, 3.8) is 0 Å². The summed E-state index contributed by atoms with van der Waals surface area (Å²) in [5, 5.41) is 0. The Hall–Kier alpha value is -0.610. The summed E-state index contributed by atoms with van der Waals surface area (Å²) in [6.45, 7) is 9.04. The molecule has 0 bridgehead atoms. The van der Waals surface area contributed by atoms with Crippen LogP contribution < -0.4 is 5.73 Å². The quantitative estimate of drug-likeness (QED) is 0.679. The molecule has 1 amide bonds. The molecule has 0 saturated carbocycles. The van der Waals surface area contributed by atoms with Crippen LogP contribution in [0.15, 0.2) is 0 Å². The summed E-state index contributed by atoms with van der Waals surface area (Å²) >= 11 is 0. The van der Waals surface area contributed by atoms with Gasteiger partial charge in [0.1, 0.15) is 0 Å². The van der Waals surface area contributed by atoms with E-state index in [-0.39, 0.29) is 5.91 Å². The molecular weight excluding hydrogens is 178 g/mol. The van der Waals surface area contributed by atoms with Crippen LogP contribution >= 0.6 is 0 Å². The molecule has 2 N–H and O–H groups in total. The number of hydrogen-bond donors (Lipinski definition) is 1. The van der Waals surface area contributed by atoms with Gasteiger partial charge in [0.05, 0.1) is 6.54 Å². The van der Waals surface area contributed by atoms with Gasteiger partial charge < -0.3 is 10.6 Å². The Kier molecular flexibility index (Phi) is 4.35. The molecular formula is C10H21N3O. The van der Waals surface area contributed by atoms with Crippen molar-refractivity contribution in [3.05, 3.63) is 0 Å². The van der Waals surface area contributed by atoms with E-state index in [2.05, 4.69) is 11.8 Å². The second kappa shape index (κ2) is 5.32. The summed E-state index contributed by atoms with van der Waals surface area (Å²) in [6.07, 6.45) is 0. The number of amides is 1. The van der Waals surface area contributed by atoms with E-state index in [0.717, 1.165) is 26.2 Å². The molecule has 1 aliphatic heterocycles. The fraction of sp³-hybridized carbons (Fsp3) is 0.900. The first-order valence-electron chi connectivity index (χ1n) is 5.37. The van der Waals surface area contributed by atoms with Crippen molar-refractivity contribution in [3.8, 4) is 0 Å². The molecule has 0 spiro atoms. The van der Waals surface area contributed by atoms with E-state index < -0.39 is 0 Å². The van der Waals surface area contributed by atoms with Crippen LogP contribution in [0.4, 0.5) is 0 Å². The van der Waals surface area contributed by atoms with E-state index in [9.17, 15) is 4.79 Å². The predicted octanol–water partition coefficient (Wildman–Crippen LogP) is -0.255. The first-order valence-corrected chi connectivity index (χ1v) is 5.37. The number of nitrogens with two attached hydrogens (primary N) is 1. The largest absolute Gasteiger partial charge is 0.341 e. The summed E-state index contributed by atoms with van der Waals surface area (Å²) < 4.78 is 0. The van der Waals surface area contributed by atoms with Crippen LogP contribution in [-0.4, -0.2) is 55.0 Å². The third-order valence-electron chi connectivity index (χ3n) is 2.75. The number of piperazine rings is 1. The molecule has 14 heavy (non-hydrogen) atoms. The maximum atomic E-state index is 11.6. The number of nitrogens with zero attached hydrogens (tertiary/aromatic N) is 2. The molecule has 0 radical (unpaired) electrons. The lowest BCUT2D eigenvalue weighted by Gasteiger charge is -2.34. The van der Waals surface area contributed by atoms with Gasteiger partial charge in [-0.1, -0.05) is 6.92 Å². The molecule has 0 aliphatic carbocycles. The second-order valence-electron chi connectivity index (χ2n) is 4.05. The van der Waals surface area contributed by atoms with E-state index in [0.29, 0.717) is 19.0 Å². The Morgan fingerprint density at radius 1 is 1.50 bits per heavy atom. The molecule has 0 aromatic rings. The van der Waals surface area contributed by atoms with Crippen LogP contribution in [-0.2, 0) is 4.79 Å². The second-order valence-corrected chi connectivity index (χ2v) is 4.05. The molecule has 82 valence electrons. The molecule has 1 heterocycles. The number of hydrogen-bond acceptors (Lipinski definition) is 3. The third kappa shape index (κ3) is 2.96. The number of carbonyl (C=O) groups is 1. The van der Waals surface area contributed by atoms with Gasteiger partial charge in [-0.05, 0) is 19.4 Å². The molecule has 1 rings (SSSR count). The van der Waals surface area contributed by atoms with Gasteiger partial charge in [0, 0.05) is 26.2 Å². The van der Waals surface area contributed by atoms with E-state index in [1.54, 1.807) is 0 Å². The molecule has 1 unspecified atom stereocenters. The van der Waals surface area contributed by atoms with Crippen LogP contribution in [0.25, 0.3) is 0 Å². The molecule has 1 fully saturated rings. The average molecular weight is 199 g/mol. The SMILES string of the molecule is CCN1CCN(CC(C)CN)CC1=O. The number of likely N-dealkylation sites (N-methyl/N-ethyl adjacent to an activating group) is 1. The van der Waals surface area contributed by atoms with Crippen molar-refractivity contribution in [2.45, 2.75) is 13.8 Å². The highest BCUT2D eigenvalue weighted by atomic mass is 16.2. The van der Waals surface area contributed by atoms with Gasteiger partial charge in [-0.2, -0.15) is 0 Å². The minimum atomic E-state index is 0.253. The monoisotopic (exact) mass is 199 g/mol. The maximum absolute atomic E-state index is 11.6. The van der Waals surface area contributed by atoms with E-state index >= 15 is 0 Å². The lowest BCUT2D eigenvalue weighted by atomic mass is 10.1. The minimum absolute atomic E-state index is 0.253. The summed E-state index contributed by atoms with van der Waals surface area (Å²) in [7, 11) is 0. The van der Waals surface area contributed by atoms with E-state index in [4.69, 9.17) is 5.73 Å². The lowest BCUT2D eigenvalue weighted by Crippen LogP contribution is -2.51. The first-order chi connectivity index (χ1) is 6.67. The summed E-state index contributed by atoms with van der Waals surface area (Å²) in [5.41, 5.74) is 5.56. The molecule has 1 aliphatic rings. The van der Waals surface area contributed by atoms with Gasteiger partial charge in [-0.25, -0.2) is 0 Å². The van der Waals surface area contributed by atoms with Crippen molar-refractivity contribution in [1.82, 2.24) is 9.80 Å². The lowest BCUT2D eigenvalue weighted by molar-refractivity contribution is -0.135. The van der Waals surface area contributed by atoms with Gasteiger partial charge in [-0.15, -0.1) is 0 Å². The fourth-order valence-electron chi connectivity index (χ4n) is 1.76. The van der Waals surface area contributed by atoms with Crippen molar-refractivity contribution in [1.29, 1.82) is 0 Å². The standard InChI is InChI=1S/C10H21N3O/c1-3-13-5-4-12(8-10(13)14)7-9(2)6-11/h9H,3-8,11H2,1-2H3. The molecule has 1 saturated heterocycles. The van der Waals surface area contributed by atoms with E-state index in [1.807, 2.05) is 11.8 Å². The average Bonchev–Trinajstić information content (AvgIpc) is 2.18. The smallest absolute Gasteiger partial charge is 0.236 e. The fourth-order valence-corrected chi connectivity index (χ4v) is 1.76. The van der Waals surface area contributed by atoms with Crippen LogP contribution in [0, 0.1) is 5.92 Å². The Labute approximate surface area is 86.0 Å². The van der Waals surface area contributed by atoms with Crippen molar-refractivity contribution < 1.29 is 4.79 Å². The topological polar surface area (TPSA) is 49.6 Å².